The van der Waals surface area contributed by atoms with Gasteiger partial charge in [-0.3, -0.25) is 0 Å². The predicted molar refractivity (Wildman–Crippen MR) is 134 cm³/mol. The fraction of sp³-hybridized carbons (Fsp3) is 0.607. The summed E-state index contributed by atoms with van der Waals surface area (Å²) >= 11 is 0. The minimum atomic E-state index is 0.222. The molecular formula is C28H43N3. The first-order valence-corrected chi connectivity index (χ1v) is 12.9. The van der Waals surface area contributed by atoms with Crippen molar-refractivity contribution in [3.8, 4) is 0 Å². The van der Waals surface area contributed by atoms with Crippen LogP contribution in [0.15, 0.2) is 48.7 Å². The van der Waals surface area contributed by atoms with Crippen molar-refractivity contribution in [2.45, 2.75) is 103 Å². The SMILES string of the molecule is CCCCCCCCCCCCCCCCN1C=CC=CC1c1nc2ccccc2[nH]1. The van der Waals surface area contributed by atoms with E-state index >= 15 is 0 Å². The number of para-hydroxylation sites is 2. The Bertz CT molecular complexity index is 755. The normalized spacial score (nSPS) is 15.9. The van der Waals surface area contributed by atoms with Crippen LogP contribution in [-0.2, 0) is 0 Å². The monoisotopic (exact) mass is 421 g/mol. The van der Waals surface area contributed by atoms with Gasteiger partial charge in [0.2, 0.25) is 0 Å². The molecule has 0 bridgehead atoms. The van der Waals surface area contributed by atoms with E-state index in [-0.39, 0.29) is 6.04 Å². The number of fused-ring (bicyclic) bond motifs is 1. The van der Waals surface area contributed by atoms with Gasteiger partial charge in [0.25, 0.3) is 0 Å². The third kappa shape index (κ3) is 8.20. The lowest BCUT2D eigenvalue weighted by Gasteiger charge is -2.29. The van der Waals surface area contributed by atoms with Crippen LogP contribution in [0.4, 0.5) is 0 Å². The molecule has 0 amide bonds. The van der Waals surface area contributed by atoms with Gasteiger partial charge in [-0.25, -0.2) is 4.98 Å². The summed E-state index contributed by atoms with van der Waals surface area (Å²) in [6.45, 7) is 3.39. The molecule has 1 aromatic carbocycles. The molecule has 1 unspecified atom stereocenters. The summed E-state index contributed by atoms with van der Waals surface area (Å²) < 4.78 is 0. The Balaban J connectivity index is 1.24. The van der Waals surface area contributed by atoms with Crippen molar-refractivity contribution in [2.24, 2.45) is 0 Å². The molecule has 1 atom stereocenters. The lowest BCUT2D eigenvalue weighted by molar-refractivity contribution is 0.303. The van der Waals surface area contributed by atoms with Crippen LogP contribution in [0.3, 0.4) is 0 Å². The number of aromatic nitrogens is 2. The maximum atomic E-state index is 4.82. The highest BCUT2D eigenvalue weighted by Gasteiger charge is 2.19. The van der Waals surface area contributed by atoms with E-state index in [4.69, 9.17) is 4.98 Å². The molecule has 0 fully saturated rings. The maximum absolute atomic E-state index is 4.82. The number of unbranched alkanes of at least 4 members (excludes halogenated alkanes) is 13. The van der Waals surface area contributed by atoms with Crippen LogP contribution in [-0.4, -0.2) is 21.4 Å². The standard InChI is InChI=1S/C28H43N3/c1-2-3-4-5-6-7-8-9-10-11-12-13-14-18-23-31-24-19-17-22-27(31)28-29-25-20-15-16-21-26(25)30-28/h15-17,19-22,24,27H,2-14,18,23H2,1H3,(H,29,30). The summed E-state index contributed by atoms with van der Waals surface area (Å²) in [5, 5.41) is 0. The van der Waals surface area contributed by atoms with Gasteiger partial charge in [-0.1, -0.05) is 115 Å². The fourth-order valence-corrected chi connectivity index (χ4v) is 4.60. The zero-order valence-corrected chi connectivity index (χ0v) is 19.7. The molecule has 31 heavy (non-hydrogen) atoms. The molecule has 0 radical (unpaired) electrons. The van der Waals surface area contributed by atoms with Crippen molar-refractivity contribution in [2.75, 3.05) is 6.54 Å². The molecule has 2 aromatic rings. The Kier molecular flexibility index (Phi) is 10.8. The van der Waals surface area contributed by atoms with Crippen LogP contribution >= 0.6 is 0 Å². The van der Waals surface area contributed by atoms with Gasteiger partial charge in [-0.2, -0.15) is 0 Å². The number of nitrogens with zero attached hydrogens (tertiary/aromatic N) is 2. The van der Waals surface area contributed by atoms with Gasteiger partial charge in [0.1, 0.15) is 11.9 Å². The summed E-state index contributed by atoms with van der Waals surface area (Å²) in [5.41, 5.74) is 2.17. The number of hydrogen-bond acceptors (Lipinski definition) is 2. The average Bonchev–Trinajstić information content (AvgIpc) is 3.24. The summed E-state index contributed by atoms with van der Waals surface area (Å²) in [7, 11) is 0. The van der Waals surface area contributed by atoms with Gasteiger partial charge < -0.3 is 9.88 Å². The van der Waals surface area contributed by atoms with E-state index in [0.29, 0.717) is 0 Å². The number of hydrogen-bond donors (Lipinski definition) is 1. The number of allylic oxidation sites excluding steroid dienone is 2. The van der Waals surface area contributed by atoms with Crippen LogP contribution in [0.2, 0.25) is 0 Å². The second kappa shape index (κ2) is 14.1. The van der Waals surface area contributed by atoms with Crippen LogP contribution in [0.5, 0.6) is 0 Å². The zero-order chi connectivity index (χ0) is 21.6. The van der Waals surface area contributed by atoms with Crippen molar-refractivity contribution >= 4 is 11.0 Å². The Hall–Kier alpha value is -2.03. The Morgan fingerprint density at radius 3 is 2.03 bits per heavy atom. The first-order valence-electron chi connectivity index (χ1n) is 12.9. The quantitative estimate of drug-likeness (QED) is 0.276. The maximum Gasteiger partial charge on any atom is 0.134 e. The summed E-state index contributed by atoms with van der Waals surface area (Å²) in [4.78, 5) is 10.8. The van der Waals surface area contributed by atoms with Crippen molar-refractivity contribution in [3.63, 3.8) is 0 Å². The highest BCUT2D eigenvalue weighted by molar-refractivity contribution is 5.74. The Morgan fingerprint density at radius 2 is 1.39 bits per heavy atom. The van der Waals surface area contributed by atoms with E-state index in [9.17, 15) is 0 Å². The van der Waals surface area contributed by atoms with E-state index in [2.05, 4.69) is 65.5 Å². The molecule has 1 N–H and O–H groups in total. The van der Waals surface area contributed by atoms with Crippen molar-refractivity contribution in [3.05, 3.63) is 54.5 Å². The van der Waals surface area contributed by atoms with E-state index in [1.54, 1.807) is 0 Å². The molecule has 3 heteroatoms. The van der Waals surface area contributed by atoms with Crippen molar-refractivity contribution < 1.29 is 0 Å². The zero-order valence-electron chi connectivity index (χ0n) is 19.7. The van der Waals surface area contributed by atoms with Gasteiger partial charge in [-0.15, -0.1) is 0 Å². The summed E-state index contributed by atoms with van der Waals surface area (Å²) in [6.07, 6.45) is 28.4. The molecule has 1 aromatic heterocycles. The molecule has 1 aliphatic rings. The molecule has 170 valence electrons. The van der Waals surface area contributed by atoms with Crippen LogP contribution < -0.4 is 0 Å². The fourth-order valence-electron chi connectivity index (χ4n) is 4.60. The summed E-state index contributed by atoms with van der Waals surface area (Å²) in [6, 6.07) is 8.52. The highest BCUT2D eigenvalue weighted by atomic mass is 15.2. The first kappa shape index (κ1) is 23.6. The molecule has 3 nitrogen and oxygen atoms in total. The second-order valence-corrected chi connectivity index (χ2v) is 9.14. The topological polar surface area (TPSA) is 31.9 Å². The van der Waals surface area contributed by atoms with E-state index in [1.165, 1.54) is 89.9 Å². The van der Waals surface area contributed by atoms with Gasteiger partial charge >= 0.3 is 0 Å². The third-order valence-electron chi connectivity index (χ3n) is 6.50. The molecular weight excluding hydrogens is 378 g/mol. The third-order valence-corrected chi connectivity index (χ3v) is 6.50. The number of H-pyrrole nitrogens is 1. The van der Waals surface area contributed by atoms with Crippen LogP contribution in [0, 0.1) is 0 Å². The van der Waals surface area contributed by atoms with Crippen LogP contribution in [0.25, 0.3) is 11.0 Å². The average molecular weight is 422 g/mol. The highest BCUT2D eigenvalue weighted by Crippen LogP contribution is 2.26. The van der Waals surface area contributed by atoms with Crippen LogP contribution in [0.1, 0.15) is 109 Å². The molecule has 1 aliphatic heterocycles. The minimum absolute atomic E-state index is 0.222. The van der Waals surface area contributed by atoms with Crippen molar-refractivity contribution in [1.29, 1.82) is 0 Å². The largest absolute Gasteiger partial charge is 0.364 e. The molecule has 0 saturated heterocycles. The van der Waals surface area contributed by atoms with Gasteiger partial charge in [0, 0.05) is 12.7 Å². The van der Waals surface area contributed by atoms with E-state index in [0.717, 1.165) is 23.4 Å². The summed E-state index contributed by atoms with van der Waals surface area (Å²) in [5.74, 6) is 1.05. The number of imidazole rings is 1. The predicted octanol–water partition coefficient (Wildman–Crippen LogP) is 8.47. The number of benzene rings is 1. The van der Waals surface area contributed by atoms with E-state index < -0.39 is 0 Å². The Morgan fingerprint density at radius 1 is 0.774 bits per heavy atom. The lowest BCUT2D eigenvalue weighted by Crippen LogP contribution is -2.25. The van der Waals surface area contributed by atoms with Gasteiger partial charge in [0.05, 0.1) is 11.0 Å². The van der Waals surface area contributed by atoms with Gasteiger partial charge in [-0.05, 0) is 24.6 Å². The Labute approximate surface area is 190 Å². The molecule has 3 rings (SSSR count). The first-order chi connectivity index (χ1) is 15.4. The number of aromatic amines is 1. The minimum Gasteiger partial charge on any atom is -0.364 e. The number of rotatable bonds is 16. The van der Waals surface area contributed by atoms with Crippen molar-refractivity contribution in [1.82, 2.24) is 14.9 Å². The molecule has 0 spiro atoms. The smallest absolute Gasteiger partial charge is 0.134 e. The van der Waals surface area contributed by atoms with E-state index in [1.807, 2.05) is 0 Å². The molecule has 2 heterocycles. The van der Waals surface area contributed by atoms with Gasteiger partial charge in [0.15, 0.2) is 0 Å². The second-order valence-electron chi connectivity index (χ2n) is 9.14. The molecule has 0 saturated carbocycles. The number of nitrogens with one attached hydrogen (secondary N) is 1. The lowest BCUT2D eigenvalue weighted by atomic mass is 10.0. The molecule has 0 aliphatic carbocycles.